The van der Waals surface area contributed by atoms with E-state index >= 15 is 0 Å². The molecule has 0 radical (unpaired) electrons. The molecule has 0 amide bonds. The number of benzene rings is 1. The van der Waals surface area contributed by atoms with Gasteiger partial charge in [0.2, 0.25) is 0 Å². The predicted molar refractivity (Wildman–Crippen MR) is 63.1 cm³/mol. The van der Waals surface area contributed by atoms with Crippen molar-refractivity contribution >= 4 is 0 Å². The van der Waals surface area contributed by atoms with E-state index in [1.807, 2.05) is 31.2 Å². The van der Waals surface area contributed by atoms with Crippen LogP contribution in [0, 0.1) is 6.92 Å². The summed E-state index contributed by atoms with van der Waals surface area (Å²) >= 11 is 0. The number of aliphatic hydroxyl groups is 3. The minimum Gasteiger partial charge on any atom is -0.394 e. The van der Waals surface area contributed by atoms with Crippen molar-refractivity contribution in [2.75, 3.05) is 6.61 Å². The predicted octanol–water partition coefficient (Wildman–Crippen LogP) is 0.808. The van der Waals surface area contributed by atoms with Gasteiger partial charge < -0.3 is 15.3 Å². The molecule has 0 aliphatic heterocycles. The van der Waals surface area contributed by atoms with E-state index in [0.29, 0.717) is 6.42 Å². The minimum absolute atomic E-state index is 0.434. The van der Waals surface area contributed by atoms with E-state index in [4.69, 9.17) is 10.2 Å². The zero-order chi connectivity index (χ0) is 12.0. The first kappa shape index (κ1) is 12.9. The van der Waals surface area contributed by atoms with Crippen molar-refractivity contribution in [3.05, 3.63) is 47.5 Å². The van der Waals surface area contributed by atoms with Crippen molar-refractivity contribution in [1.29, 1.82) is 0 Å². The fraction of sp³-hybridized carbons (Fsp3) is 0.385. The van der Waals surface area contributed by atoms with E-state index in [1.165, 1.54) is 11.6 Å². The highest BCUT2D eigenvalue weighted by atomic mass is 16.4. The third-order valence-electron chi connectivity index (χ3n) is 2.39. The number of aliphatic hydroxyl groups excluding tert-OH is 3. The van der Waals surface area contributed by atoms with Gasteiger partial charge in [-0.05, 0) is 18.9 Å². The summed E-state index contributed by atoms with van der Waals surface area (Å²) in [4.78, 5) is 0. The summed E-state index contributed by atoms with van der Waals surface area (Å²) in [6, 6.07) is 8.10. The number of aryl methyl sites for hydroxylation is 1. The molecule has 2 atom stereocenters. The van der Waals surface area contributed by atoms with Crippen LogP contribution in [0.25, 0.3) is 0 Å². The highest BCUT2D eigenvalue weighted by Crippen LogP contribution is 2.05. The van der Waals surface area contributed by atoms with Crippen molar-refractivity contribution in [1.82, 2.24) is 0 Å². The van der Waals surface area contributed by atoms with Gasteiger partial charge in [0.05, 0.1) is 6.61 Å². The highest BCUT2D eigenvalue weighted by Gasteiger charge is 2.10. The SMILES string of the molecule is Cc1ccc(C/C=C/[C@H](O)[C@H](O)CO)cc1. The van der Waals surface area contributed by atoms with Gasteiger partial charge in [0.25, 0.3) is 0 Å². The number of hydrogen-bond donors (Lipinski definition) is 3. The third kappa shape index (κ3) is 4.14. The van der Waals surface area contributed by atoms with Crippen LogP contribution in [0.4, 0.5) is 0 Å². The molecular weight excluding hydrogens is 204 g/mol. The van der Waals surface area contributed by atoms with E-state index in [9.17, 15) is 5.11 Å². The average molecular weight is 222 g/mol. The zero-order valence-corrected chi connectivity index (χ0v) is 9.37. The monoisotopic (exact) mass is 222 g/mol. The first-order valence-corrected chi connectivity index (χ1v) is 5.32. The summed E-state index contributed by atoms with van der Waals surface area (Å²) in [6.07, 6.45) is 1.88. The van der Waals surface area contributed by atoms with Crippen LogP contribution in [0.5, 0.6) is 0 Å². The van der Waals surface area contributed by atoms with E-state index in [2.05, 4.69) is 0 Å². The van der Waals surface area contributed by atoms with Gasteiger partial charge in [-0.2, -0.15) is 0 Å². The number of hydrogen-bond acceptors (Lipinski definition) is 3. The van der Waals surface area contributed by atoms with Gasteiger partial charge in [-0.15, -0.1) is 0 Å². The van der Waals surface area contributed by atoms with Crippen LogP contribution in [0.1, 0.15) is 11.1 Å². The molecule has 0 aromatic heterocycles. The number of rotatable bonds is 5. The quantitative estimate of drug-likeness (QED) is 0.646. The molecule has 3 heteroatoms. The normalized spacial score (nSPS) is 15.2. The molecular formula is C13H18O3. The second-order valence-electron chi connectivity index (χ2n) is 3.86. The zero-order valence-electron chi connectivity index (χ0n) is 9.37. The maximum atomic E-state index is 9.34. The first-order valence-electron chi connectivity index (χ1n) is 5.32. The topological polar surface area (TPSA) is 60.7 Å². The Hall–Kier alpha value is -1.16. The summed E-state index contributed by atoms with van der Waals surface area (Å²) < 4.78 is 0. The molecule has 0 aliphatic carbocycles. The van der Waals surface area contributed by atoms with E-state index in [-0.39, 0.29) is 0 Å². The van der Waals surface area contributed by atoms with Crippen LogP contribution in [0.15, 0.2) is 36.4 Å². The third-order valence-corrected chi connectivity index (χ3v) is 2.39. The van der Waals surface area contributed by atoms with Gasteiger partial charge in [0.15, 0.2) is 0 Å². The van der Waals surface area contributed by atoms with Crippen molar-refractivity contribution in [3.63, 3.8) is 0 Å². The van der Waals surface area contributed by atoms with E-state index in [0.717, 1.165) is 5.56 Å². The van der Waals surface area contributed by atoms with Crippen LogP contribution in [-0.2, 0) is 6.42 Å². The molecule has 3 N–H and O–H groups in total. The fourth-order valence-corrected chi connectivity index (χ4v) is 1.30. The summed E-state index contributed by atoms with van der Waals surface area (Å²) in [5.74, 6) is 0. The minimum atomic E-state index is -1.10. The van der Waals surface area contributed by atoms with E-state index in [1.54, 1.807) is 6.08 Å². The molecule has 88 valence electrons. The Balaban J connectivity index is 2.45. The van der Waals surface area contributed by atoms with Gasteiger partial charge in [-0.3, -0.25) is 0 Å². The standard InChI is InChI=1S/C13H18O3/c1-10-5-7-11(8-6-10)3-2-4-12(15)13(16)9-14/h2,4-8,12-16H,3,9H2,1H3/b4-2+/t12-,13+/m0/s1. The highest BCUT2D eigenvalue weighted by molar-refractivity contribution is 5.23. The Morgan fingerprint density at radius 1 is 1.19 bits per heavy atom. The van der Waals surface area contributed by atoms with Crippen molar-refractivity contribution in [2.24, 2.45) is 0 Å². The smallest absolute Gasteiger partial charge is 0.106 e. The van der Waals surface area contributed by atoms with Crippen LogP contribution in [0.3, 0.4) is 0 Å². The molecule has 1 rings (SSSR count). The molecule has 0 aliphatic rings. The van der Waals surface area contributed by atoms with Crippen LogP contribution in [0.2, 0.25) is 0 Å². The summed E-state index contributed by atoms with van der Waals surface area (Å²) in [7, 11) is 0. The lowest BCUT2D eigenvalue weighted by Crippen LogP contribution is -2.27. The molecule has 1 aromatic rings. The van der Waals surface area contributed by atoms with Gasteiger partial charge in [-0.25, -0.2) is 0 Å². The van der Waals surface area contributed by atoms with Crippen LogP contribution >= 0.6 is 0 Å². The second kappa shape index (κ2) is 6.43. The lowest BCUT2D eigenvalue weighted by atomic mass is 10.1. The number of allylic oxidation sites excluding steroid dienone is 1. The molecule has 0 unspecified atom stereocenters. The average Bonchev–Trinajstić information content (AvgIpc) is 2.30. The van der Waals surface area contributed by atoms with Gasteiger partial charge in [0.1, 0.15) is 12.2 Å². The molecule has 0 spiro atoms. The Labute approximate surface area is 95.7 Å². The van der Waals surface area contributed by atoms with Crippen LogP contribution < -0.4 is 0 Å². The Morgan fingerprint density at radius 2 is 1.81 bits per heavy atom. The maximum Gasteiger partial charge on any atom is 0.106 e. The maximum absolute atomic E-state index is 9.34. The fourth-order valence-electron chi connectivity index (χ4n) is 1.30. The van der Waals surface area contributed by atoms with Gasteiger partial charge in [-0.1, -0.05) is 42.0 Å². The molecule has 16 heavy (non-hydrogen) atoms. The molecule has 3 nitrogen and oxygen atoms in total. The molecule has 0 fully saturated rings. The summed E-state index contributed by atoms with van der Waals surface area (Å²) in [5, 5.41) is 27.1. The lowest BCUT2D eigenvalue weighted by Gasteiger charge is -2.10. The Bertz CT molecular complexity index is 330. The summed E-state index contributed by atoms with van der Waals surface area (Å²) in [5.41, 5.74) is 2.36. The Morgan fingerprint density at radius 3 is 2.38 bits per heavy atom. The van der Waals surface area contributed by atoms with Gasteiger partial charge in [0, 0.05) is 0 Å². The summed E-state index contributed by atoms with van der Waals surface area (Å²) in [6.45, 7) is 1.59. The molecule has 1 aromatic carbocycles. The molecule has 0 bridgehead atoms. The largest absolute Gasteiger partial charge is 0.394 e. The van der Waals surface area contributed by atoms with Crippen molar-refractivity contribution in [3.8, 4) is 0 Å². The first-order chi connectivity index (χ1) is 7.63. The van der Waals surface area contributed by atoms with Crippen molar-refractivity contribution in [2.45, 2.75) is 25.6 Å². The van der Waals surface area contributed by atoms with E-state index < -0.39 is 18.8 Å². The molecule has 0 heterocycles. The molecule has 0 saturated heterocycles. The second-order valence-corrected chi connectivity index (χ2v) is 3.86. The lowest BCUT2D eigenvalue weighted by molar-refractivity contribution is 0.00939. The van der Waals surface area contributed by atoms with Crippen LogP contribution in [-0.4, -0.2) is 34.1 Å². The Kier molecular flexibility index (Phi) is 5.19. The molecule has 0 saturated carbocycles. The van der Waals surface area contributed by atoms with Gasteiger partial charge >= 0.3 is 0 Å². The van der Waals surface area contributed by atoms with Crippen molar-refractivity contribution < 1.29 is 15.3 Å².